The van der Waals surface area contributed by atoms with Crippen LogP contribution in [0.5, 0.6) is 5.75 Å². The molecule has 0 bridgehead atoms. The van der Waals surface area contributed by atoms with Gasteiger partial charge < -0.3 is 9.64 Å². The predicted molar refractivity (Wildman–Crippen MR) is 117 cm³/mol. The number of ether oxygens (including phenoxy) is 1. The third-order valence-corrected chi connectivity index (χ3v) is 6.67. The molecule has 0 aliphatic carbocycles. The van der Waals surface area contributed by atoms with Crippen LogP contribution in [0.25, 0.3) is 16.2 Å². The number of carbonyl (C=O) groups is 1. The van der Waals surface area contributed by atoms with Crippen molar-refractivity contribution in [2.45, 2.75) is 25.1 Å². The number of fused-ring (bicyclic) bond motifs is 1. The van der Waals surface area contributed by atoms with Crippen molar-refractivity contribution < 1.29 is 22.7 Å². The molecule has 1 atom stereocenters. The molecule has 0 N–H and O–H groups in total. The lowest BCUT2D eigenvalue weighted by Gasteiger charge is -2.25. The van der Waals surface area contributed by atoms with Crippen LogP contribution in [0.2, 0.25) is 0 Å². The fourth-order valence-corrected chi connectivity index (χ4v) is 4.89. The second-order valence-corrected chi connectivity index (χ2v) is 8.67. The van der Waals surface area contributed by atoms with E-state index in [-0.39, 0.29) is 28.9 Å². The first-order valence-electron chi connectivity index (χ1n) is 10.3. The van der Waals surface area contributed by atoms with Gasteiger partial charge in [-0.2, -0.15) is 18.3 Å². The number of thiophene rings is 1. The summed E-state index contributed by atoms with van der Waals surface area (Å²) >= 11 is 1.28. The monoisotopic (exact) mass is 472 g/mol. The van der Waals surface area contributed by atoms with E-state index in [0.717, 1.165) is 24.5 Å². The molecule has 10 heteroatoms. The highest BCUT2D eigenvalue weighted by atomic mass is 32.1. The highest BCUT2D eigenvalue weighted by Gasteiger charge is 2.37. The summed E-state index contributed by atoms with van der Waals surface area (Å²) in [6.07, 6.45) is -1.91. The van der Waals surface area contributed by atoms with Gasteiger partial charge in [0.2, 0.25) is 0 Å². The van der Waals surface area contributed by atoms with E-state index in [4.69, 9.17) is 4.74 Å². The van der Waals surface area contributed by atoms with Gasteiger partial charge in [-0.05, 0) is 48.1 Å². The lowest BCUT2D eigenvalue weighted by atomic mass is 10.0. The molecule has 33 heavy (non-hydrogen) atoms. The summed E-state index contributed by atoms with van der Waals surface area (Å²) in [5, 5.41) is 5.66. The Labute approximate surface area is 191 Å². The lowest BCUT2D eigenvalue weighted by molar-refractivity contribution is -0.142. The molecule has 6 nitrogen and oxygen atoms in total. The molecule has 0 saturated carbocycles. The molecule has 0 spiro atoms. The molecule has 0 radical (unpaired) electrons. The Bertz CT molecular complexity index is 1300. The van der Waals surface area contributed by atoms with Crippen molar-refractivity contribution in [1.29, 1.82) is 0 Å². The van der Waals surface area contributed by atoms with Crippen LogP contribution in [0.15, 0.2) is 54.0 Å². The molecule has 1 aliphatic rings. The van der Waals surface area contributed by atoms with Gasteiger partial charge in [0.25, 0.3) is 5.91 Å². The minimum atomic E-state index is -4.65. The Morgan fingerprint density at radius 1 is 1.21 bits per heavy atom. The molecule has 5 rings (SSSR count). The van der Waals surface area contributed by atoms with Crippen molar-refractivity contribution in [1.82, 2.24) is 19.5 Å². The van der Waals surface area contributed by atoms with E-state index in [1.54, 1.807) is 29.5 Å². The van der Waals surface area contributed by atoms with Gasteiger partial charge in [-0.25, -0.2) is 9.50 Å². The fourth-order valence-electron chi connectivity index (χ4n) is 4.20. The molecular weight excluding hydrogens is 453 g/mol. The quantitative estimate of drug-likeness (QED) is 0.396. The Balaban J connectivity index is 1.57. The van der Waals surface area contributed by atoms with Gasteiger partial charge in [0.15, 0.2) is 11.3 Å². The number of nitrogens with zero attached hydrogens (tertiary/aromatic N) is 4. The van der Waals surface area contributed by atoms with E-state index in [9.17, 15) is 18.0 Å². The maximum atomic E-state index is 13.8. The number of hydrogen-bond acceptors (Lipinski definition) is 5. The van der Waals surface area contributed by atoms with E-state index in [1.807, 2.05) is 24.3 Å². The zero-order chi connectivity index (χ0) is 23.2. The standard InChI is InChI=1S/C23H19F3N4O2S/c1-32-15-8-6-14(7-9-15)18-4-2-10-29(18)22(31)16-13-27-30-20(23(24,25)26)12-17(28-21(16)30)19-5-3-11-33-19/h3,5-9,11-13,18H,2,4,10H2,1H3. The van der Waals surface area contributed by atoms with Gasteiger partial charge in [0.05, 0.1) is 29.9 Å². The van der Waals surface area contributed by atoms with Crippen molar-refractivity contribution in [3.05, 3.63) is 70.9 Å². The Morgan fingerprint density at radius 2 is 2.00 bits per heavy atom. The van der Waals surface area contributed by atoms with Crippen LogP contribution in [0.1, 0.15) is 40.5 Å². The Kier molecular flexibility index (Phi) is 5.32. The number of carbonyl (C=O) groups excluding carboxylic acids is 1. The van der Waals surface area contributed by atoms with E-state index < -0.39 is 11.9 Å². The SMILES string of the molecule is COc1ccc(C2CCCN2C(=O)c2cnn3c(C(F)(F)F)cc(-c4cccs4)nc23)cc1. The molecule has 170 valence electrons. The molecule has 1 amide bonds. The smallest absolute Gasteiger partial charge is 0.433 e. The van der Waals surface area contributed by atoms with Crippen LogP contribution >= 0.6 is 11.3 Å². The van der Waals surface area contributed by atoms with Crippen molar-refractivity contribution in [2.24, 2.45) is 0 Å². The number of aromatic nitrogens is 3. The van der Waals surface area contributed by atoms with Gasteiger partial charge in [0.1, 0.15) is 11.3 Å². The molecule has 3 aromatic heterocycles. The number of likely N-dealkylation sites (tertiary alicyclic amines) is 1. The highest BCUT2D eigenvalue weighted by Crippen LogP contribution is 2.36. The van der Waals surface area contributed by atoms with E-state index in [0.29, 0.717) is 21.7 Å². The largest absolute Gasteiger partial charge is 0.497 e. The molecular formula is C23H19F3N4O2S. The lowest BCUT2D eigenvalue weighted by Crippen LogP contribution is -2.30. The maximum Gasteiger partial charge on any atom is 0.433 e. The van der Waals surface area contributed by atoms with Crippen LogP contribution < -0.4 is 4.74 Å². The third-order valence-electron chi connectivity index (χ3n) is 5.78. The molecule has 1 saturated heterocycles. The van der Waals surface area contributed by atoms with Crippen LogP contribution in [0.4, 0.5) is 13.2 Å². The normalized spacial score (nSPS) is 16.5. The zero-order valence-electron chi connectivity index (χ0n) is 17.5. The van der Waals surface area contributed by atoms with Crippen molar-refractivity contribution >= 4 is 22.9 Å². The van der Waals surface area contributed by atoms with Crippen LogP contribution in [-0.2, 0) is 6.18 Å². The number of amides is 1. The number of benzene rings is 1. The van der Waals surface area contributed by atoms with Gasteiger partial charge in [-0.3, -0.25) is 4.79 Å². The van der Waals surface area contributed by atoms with Gasteiger partial charge in [0, 0.05) is 6.54 Å². The second kappa shape index (κ2) is 8.18. The first kappa shape index (κ1) is 21.4. The van der Waals surface area contributed by atoms with E-state index in [1.165, 1.54) is 17.5 Å². The summed E-state index contributed by atoms with van der Waals surface area (Å²) in [6, 6.07) is 11.7. The van der Waals surface area contributed by atoms with E-state index in [2.05, 4.69) is 10.1 Å². The van der Waals surface area contributed by atoms with E-state index >= 15 is 0 Å². The van der Waals surface area contributed by atoms with Gasteiger partial charge >= 0.3 is 6.18 Å². The average molecular weight is 472 g/mol. The molecule has 1 fully saturated rings. The summed E-state index contributed by atoms with van der Waals surface area (Å²) in [5.74, 6) is 0.328. The summed E-state index contributed by atoms with van der Waals surface area (Å²) < 4.78 is 47.3. The topological polar surface area (TPSA) is 59.7 Å². The Hall–Kier alpha value is -3.40. The number of hydrogen-bond donors (Lipinski definition) is 0. The number of halogens is 3. The number of rotatable bonds is 4. The van der Waals surface area contributed by atoms with Crippen LogP contribution in [0.3, 0.4) is 0 Å². The minimum Gasteiger partial charge on any atom is -0.497 e. The summed E-state index contributed by atoms with van der Waals surface area (Å²) in [4.78, 5) is 20.2. The third kappa shape index (κ3) is 3.84. The van der Waals surface area contributed by atoms with Crippen molar-refractivity contribution in [3.63, 3.8) is 0 Å². The number of methoxy groups -OCH3 is 1. The first-order valence-corrected chi connectivity index (χ1v) is 11.2. The molecule has 4 aromatic rings. The zero-order valence-corrected chi connectivity index (χ0v) is 18.4. The Morgan fingerprint density at radius 3 is 2.67 bits per heavy atom. The highest BCUT2D eigenvalue weighted by molar-refractivity contribution is 7.13. The molecule has 4 heterocycles. The fraction of sp³-hybridized carbons (Fsp3) is 0.261. The van der Waals surface area contributed by atoms with Gasteiger partial charge in [-0.1, -0.05) is 18.2 Å². The average Bonchev–Trinajstić information content (AvgIpc) is 3.58. The first-order chi connectivity index (χ1) is 15.9. The van der Waals surface area contributed by atoms with Crippen molar-refractivity contribution in [2.75, 3.05) is 13.7 Å². The maximum absolute atomic E-state index is 13.8. The molecule has 1 aromatic carbocycles. The predicted octanol–water partition coefficient (Wildman–Crippen LogP) is 5.46. The number of alkyl halides is 3. The summed E-state index contributed by atoms with van der Waals surface area (Å²) in [6.45, 7) is 0.504. The van der Waals surface area contributed by atoms with Crippen LogP contribution in [0, 0.1) is 0 Å². The van der Waals surface area contributed by atoms with Crippen molar-refractivity contribution in [3.8, 4) is 16.3 Å². The second-order valence-electron chi connectivity index (χ2n) is 7.73. The summed E-state index contributed by atoms with van der Waals surface area (Å²) in [5.41, 5.74) is 0.0924. The minimum absolute atomic E-state index is 0.0549. The van der Waals surface area contributed by atoms with Crippen LogP contribution in [-0.4, -0.2) is 39.1 Å². The molecule has 1 aliphatic heterocycles. The van der Waals surface area contributed by atoms with Gasteiger partial charge in [-0.15, -0.1) is 11.3 Å². The summed E-state index contributed by atoms with van der Waals surface area (Å²) in [7, 11) is 1.58. The molecule has 1 unspecified atom stereocenters.